The minimum atomic E-state index is 0.165. The van der Waals surface area contributed by atoms with Crippen molar-refractivity contribution < 1.29 is 0 Å². The van der Waals surface area contributed by atoms with Crippen molar-refractivity contribution in [3.05, 3.63) is 34.3 Å². The maximum atomic E-state index is 6.32. The Morgan fingerprint density at radius 1 is 1.05 bits per heavy atom. The van der Waals surface area contributed by atoms with Crippen molar-refractivity contribution in [1.29, 1.82) is 0 Å². The minimum absolute atomic E-state index is 0.165. The Balaban J connectivity index is 2.25. The number of hydrogen-bond acceptors (Lipinski definition) is 2. The highest BCUT2D eigenvalue weighted by atomic mass is 35.5. The maximum Gasteiger partial charge on any atom is 0.0474 e. The number of hydrazine groups is 1. The van der Waals surface area contributed by atoms with Crippen LogP contribution in [0.1, 0.15) is 81.9 Å². The van der Waals surface area contributed by atoms with Gasteiger partial charge in [-0.05, 0) is 30.5 Å². The van der Waals surface area contributed by atoms with Crippen molar-refractivity contribution in [2.24, 2.45) is 5.84 Å². The maximum absolute atomic E-state index is 6.32. The summed E-state index contributed by atoms with van der Waals surface area (Å²) in [5, 5.41) is 0.817. The lowest BCUT2D eigenvalue weighted by Crippen LogP contribution is -2.28. The first-order valence-electron chi connectivity index (χ1n) is 8.41. The Labute approximate surface area is 135 Å². The molecule has 3 N–H and O–H groups in total. The lowest BCUT2D eigenvalue weighted by molar-refractivity contribution is 0.475. The molecule has 1 aromatic carbocycles. The van der Waals surface area contributed by atoms with Crippen LogP contribution < -0.4 is 11.3 Å². The number of hydrogen-bond donors (Lipinski definition) is 2. The zero-order chi connectivity index (χ0) is 15.5. The molecule has 0 aliphatic heterocycles. The molecule has 0 amide bonds. The van der Waals surface area contributed by atoms with Crippen molar-refractivity contribution in [2.45, 2.75) is 77.7 Å². The van der Waals surface area contributed by atoms with E-state index in [-0.39, 0.29) is 6.04 Å². The van der Waals surface area contributed by atoms with Gasteiger partial charge in [-0.3, -0.25) is 11.3 Å². The van der Waals surface area contributed by atoms with Gasteiger partial charge in [-0.15, -0.1) is 0 Å². The molecule has 0 spiro atoms. The predicted octanol–water partition coefficient (Wildman–Crippen LogP) is 5.68. The van der Waals surface area contributed by atoms with E-state index in [2.05, 4.69) is 31.4 Å². The summed E-state index contributed by atoms with van der Waals surface area (Å²) < 4.78 is 0. The van der Waals surface area contributed by atoms with E-state index < -0.39 is 0 Å². The van der Waals surface area contributed by atoms with Crippen molar-refractivity contribution >= 4 is 11.6 Å². The van der Waals surface area contributed by atoms with Crippen LogP contribution in [0.15, 0.2) is 18.2 Å². The van der Waals surface area contributed by atoms with Gasteiger partial charge in [0, 0.05) is 11.1 Å². The monoisotopic (exact) mass is 310 g/mol. The molecular formula is C18H31ClN2. The van der Waals surface area contributed by atoms with E-state index in [1.54, 1.807) is 0 Å². The number of rotatable bonds is 11. The Kier molecular flexibility index (Phi) is 9.73. The molecule has 120 valence electrons. The summed E-state index contributed by atoms with van der Waals surface area (Å²) in [5.74, 6) is 5.70. The lowest BCUT2D eigenvalue weighted by Gasteiger charge is -2.18. The van der Waals surface area contributed by atoms with Crippen molar-refractivity contribution in [2.75, 3.05) is 0 Å². The number of nitrogens with one attached hydrogen (secondary N) is 1. The highest BCUT2D eigenvalue weighted by Crippen LogP contribution is 2.27. The molecule has 2 nitrogen and oxygen atoms in total. The van der Waals surface area contributed by atoms with Gasteiger partial charge in [0.25, 0.3) is 0 Å². The smallest absolute Gasteiger partial charge is 0.0474 e. The highest BCUT2D eigenvalue weighted by molar-refractivity contribution is 6.31. The summed E-state index contributed by atoms with van der Waals surface area (Å²) in [6.07, 6.45) is 11.7. The molecule has 3 heteroatoms. The Hall–Kier alpha value is -0.570. The van der Waals surface area contributed by atoms with E-state index in [1.165, 1.54) is 56.9 Å². The highest BCUT2D eigenvalue weighted by Gasteiger charge is 2.12. The van der Waals surface area contributed by atoms with Crippen molar-refractivity contribution in [1.82, 2.24) is 5.43 Å². The lowest BCUT2D eigenvalue weighted by atomic mass is 9.99. The number of nitrogens with two attached hydrogens (primary N) is 1. The number of aryl methyl sites for hydroxylation is 1. The van der Waals surface area contributed by atoms with E-state index in [9.17, 15) is 0 Å². The third-order valence-electron chi connectivity index (χ3n) is 4.08. The summed E-state index contributed by atoms with van der Waals surface area (Å²) in [6.45, 7) is 4.31. The fourth-order valence-corrected chi connectivity index (χ4v) is 3.09. The summed E-state index contributed by atoms with van der Waals surface area (Å²) in [4.78, 5) is 0. The largest absolute Gasteiger partial charge is 0.271 e. The van der Waals surface area contributed by atoms with Crippen molar-refractivity contribution in [3.8, 4) is 0 Å². The SMILES string of the molecule is CCCCCCCCCCC(NN)c1ccc(C)cc1Cl. The number of halogens is 1. The first-order chi connectivity index (χ1) is 10.2. The van der Waals surface area contributed by atoms with E-state index in [0.29, 0.717) is 0 Å². The van der Waals surface area contributed by atoms with Crippen LogP contribution in [-0.2, 0) is 0 Å². The molecule has 0 bridgehead atoms. The van der Waals surface area contributed by atoms with Crippen LogP contribution in [-0.4, -0.2) is 0 Å². The van der Waals surface area contributed by atoms with Gasteiger partial charge in [-0.2, -0.15) is 0 Å². The molecule has 0 radical (unpaired) electrons. The summed E-state index contributed by atoms with van der Waals surface area (Å²) in [7, 11) is 0. The van der Waals surface area contributed by atoms with Crippen LogP contribution in [0.2, 0.25) is 5.02 Å². The second-order valence-electron chi connectivity index (χ2n) is 6.01. The Morgan fingerprint density at radius 2 is 1.67 bits per heavy atom. The van der Waals surface area contributed by atoms with Gasteiger partial charge < -0.3 is 0 Å². The van der Waals surface area contributed by atoms with Gasteiger partial charge >= 0.3 is 0 Å². The standard InChI is InChI=1S/C18H31ClN2/c1-3-4-5-6-7-8-9-10-11-18(21-20)16-13-12-15(2)14-17(16)19/h12-14,18,21H,3-11,20H2,1-2H3. The molecule has 0 aliphatic carbocycles. The van der Waals surface area contributed by atoms with E-state index in [4.69, 9.17) is 17.4 Å². The first kappa shape index (κ1) is 18.5. The predicted molar refractivity (Wildman–Crippen MR) is 93.5 cm³/mol. The quantitative estimate of drug-likeness (QED) is 0.313. The molecular weight excluding hydrogens is 280 g/mol. The number of unbranched alkanes of at least 4 members (excludes halogenated alkanes) is 7. The molecule has 21 heavy (non-hydrogen) atoms. The molecule has 1 unspecified atom stereocenters. The Morgan fingerprint density at radius 3 is 2.24 bits per heavy atom. The normalized spacial score (nSPS) is 12.6. The molecule has 0 saturated heterocycles. The summed E-state index contributed by atoms with van der Waals surface area (Å²) in [5.41, 5.74) is 5.22. The van der Waals surface area contributed by atoms with Gasteiger partial charge in [-0.1, -0.05) is 82.0 Å². The molecule has 1 atom stereocenters. The van der Waals surface area contributed by atoms with E-state index >= 15 is 0 Å². The van der Waals surface area contributed by atoms with Gasteiger partial charge in [0.2, 0.25) is 0 Å². The van der Waals surface area contributed by atoms with Gasteiger partial charge in [-0.25, -0.2) is 0 Å². The first-order valence-corrected chi connectivity index (χ1v) is 8.79. The van der Waals surface area contributed by atoms with Crippen LogP contribution in [0.5, 0.6) is 0 Å². The zero-order valence-corrected chi connectivity index (χ0v) is 14.4. The zero-order valence-electron chi connectivity index (χ0n) is 13.6. The number of benzene rings is 1. The molecule has 0 aromatic heterocycles. The van der Waals surface area contributed by atoms with Crippen LogP contribution in [0.25, 0.3) is 0 Å². The Bertz CT molecular complexity index is 393. The topological polar surface area (TPSA) is 38.0 Å². The molecule has 1 rings (SSSR count). The van der Waals surface area contributed by atoms with Crippen LogP contribution in [0, 0.1) is 6.92 Å². The molecule has 1 aromatic rings. The third-order valence-corrected chi connectivity index (χ3v) is 4.41. The van der Waals surface area contributed by atoms with Crippen LogP contribution in [0.3, 0.4) is 0 Å². The minimum Gasteiger partial charge on any atom is -0.271 e. The van der Waals surface area contributed by atoms with Crippen molar-refractivity contribution in [3.63, 3.8) is 0 Å². The van der Waals surface area contributed by atoms with Gasteiger partial charge in [0.05, 0.1) is 0 Å². The van der Waals surface area contributed by atoms with Crippen LogP contribution >= 0.6 is 11.6 Å². The second-order valence-corrected chi connectivity index (χ2v) is 6.41. The molecule has 0 saturated carbocycles. The second kappa shape index (κ2) is 11.1. The summed E-state index contributed by atoms with van der Waals surface area (Å²) >= 11 is 6.32. The average molecular weight is 311 g/mol. The average Bonchev–Trinajstić information content (AvgIpc) is 2.47. The van der Waals surface area contributed by atoms with Crippen LogP contribution in [0.4, 0.5) is 0 Å². The van der Waals surface area contributed by atoms with Gasteiger partial charge in [0.15, 0.2) is 0 Å². The summed E-state index contributed by atoms with van der Waals surface area (Å²) in [6, 6.07) is 6.36. The molecule has 0 fully saturated rings. The van der Waals surface area contributed by atoms with E-state index in [1.807, 2.05) is 6.07 Å². The fraction of sp³-hybridized carbons (Fsp3) is 0.667. The molecule has 0 aliphatic rings. The van der Waals surface area contributed by atoms with E-state index in [0.717, 1.165) is 17.0 Å². The molecule has 0 heterocycles. The fourth-order valence-electron chi connectivity index (χ4n) is 2.73. The third kappa shape index (κ3) is 7.30. The van der Waals surface area contributed by atoms with Gasteiger partial charge in [0.1, 0.15) is 0 Å².